The number of aryl methyl sites for hydroxylation is 1. The number of unbranched alkanes of at least 4 members (excludes halogenated alkanes) is 1. The molecule has 0 aliphatic rings. The minimum Gasteiger partial charge on any atom is -0.391 e. The van der Waals surface area contributed by atoms with E-state index in [-0.39, 0.29) is 5.91 Å². The second-order valence-electron chi connectivity index (χ2n) is 4.46. The molecule has 0 aliphatic carbocycles. The molecule has 3 nitrogen and oxygen atoms in total. The van der Waals surface area contributed by atoms with Gasteiger partial charge in [-0.15, -0.1) is 11.3 Å². The Morgan fingerprint density at radius 1 is 1.21 bits per heavy atom. The quantitative estimate of drug-likeness (QED) is 0.868. The first kappa shape index (κ1) is 13.6. The highest BCUT2D eigenvalue weighted by atomic mass is 32.1. The van der Waals surface area contributed by atoms with Gasteiger partial charge in [0, 0.05) is 5.69 Å². The van der Waals surface area contributed by atoms with Crippen molar-refractivity contribution in [3.05, 3.63) is 46.8 Å². The molecule has 0 radical (unpaired) electrons. The van der Waals surface area contributed by atoms with Gasteiger partial charge in [-0.25, -0.2) is 0 Å². The molecule has 1 aromatic carbocycles. The van der Waals surface area contributed by atoms with E-state index in [0.717, 1.165) is 12.1 Å². The van der Waals surface area contributed by atoms with E-state index in [2.05, 4.69) is 24.4 Å². The first-order valence-corrected chi connectivity index (χ1v) is 7.26. The largest absolute Gasteiger partial charge is 0.391 e. The zero-order valence-electron chi connectivity index (χ0n) is 11.0. The van der Waals surface area contributed by atoms with Gasteiger partial charge >= 0.3 is 0 Å². The van der Waals surface area contributed by atoms with Gasteiger partial charge in [0.25, 0.3) is 5.91 Å². The van der Waals surface area contributed by atoms with Crippen LogP contribution in [0.2, 0.25) is 0 Å². The van der Waals surface area contributed by atoms with Crippen LogP contribution < -0.4 is 11.1 Å². The molecule has 4 heteroatoms. The number of hydrogen-bond acceptors (Lipinski definition) is 3. The van der Waals surface area contributed by atoms with Gasteiger partial charge in [-0.3, -0.25) is 4.79 Å². The van der Waals surface area contributed by atoms with Crippen LogP contribution in [0.15, 0.2) is 36.4 Å². The van der Waals surface area contributed by atoms with Crippen LogP contribution in [0.25, 0.3) is 0 Å². The Balaban J connectivity index is 1.97. The molecule has 0 unspecified atom stereocenters. The third-order valence-corrected chi connectivity index (χ3v) is 3.79. The van der Waals surface area contributed by atoms with Gasteiger partial charge in [-0.05, 0) is 42.7 Å². The summed E-state index contributed by atoms with van der Waals surface area (Å²) in [5.74, 6) is -0.108. The number of nitrogens with two attached hydrogens (primary N) is 1. The van der Waals surface area contributed by atoms with Crippen LogP contribution in [-0.2, 0) is 6.42 Å². The number of nitrogen functional groups attached to an aromatic ring is 1. The smallest absolute Gasteiger partial charge is 0.265 e. The molecule has 1 heterocycles. The minimum atomic E-state index is -0.108. The summed E-state index contributed by atoms with van der Waals surface area (Å²) in [6.07, 6.45) is 3.48. The van der Waals surface area contributed by atoms with Crippen molar-refractivity contribution >= 4 is 27.9 Å². The van der Waals surface area contributed by atoms with Crippen molar-refractivity contribution in [3.8, 4) is 0 Å². The highest BCUT2D eigenvalue weighted by molar-refractivity contribution is 7.17. The van der Waals surface area contributed by atoms with Gasteiger partial charge in [0.15, 0.2) is 0 Å². The molecule has 2 aromatic rings. The average Bonchev–Trinajstić information content (AvgIpc) is 2.85. The number of nitrogens with one attached hydrogen (secondary N) is 1. The zero-order chi connectivity index (χ0) is 13.7. The number of hydrogen-bond donors (Lipinski definition) is 2. The predicted octanol–water partition coefficient (Wildman–Crippen LogP) is 3.93. The second-order valence-corrected chi connectivity index (χ2v) is 5.57. The monoisotopic (exact) mass is 274 g/mol. The molecule has 2 rings (SSSR count). The van der Waals surface area contributed by atoms with Gasteiger partial charge in [-0.2, -0.15) is 0 Å². The van der Waals surface area contributed by atoms with Gasteiger partial charge in [-0.1, -0.05) is 25.5 Å². The van der Waals surface area contributed by atoms with Crippen molar-refractivity contribution < 1.29 is 4.79 Å². The van der Waals surface area contributed by atoms with Crippen molar-refractivity contribution in [1.29, 1.82) is 0 Å². The fourth-order valence-electron chi connectivity index (χ4n) is 1.80. The van der Waals surface area contributed by atoms with E-state index < -0.39 is 0 Å². The summed E-state index contributed by atoms with van der Waals surface area (Å²) in [6, 6.07) is 11.5. The summed E-state index contributed by atoms with van der Waals surface area (Å²) in [7, 11) is 0. The minimum absolute atomic E-state index is 0.108. The molecule has 0 spiro atoms. The van der Waals surface area contributed by atoms with Gasteiger partial charge < -0.3 is 11.1 Å². The highest BCUT2D eigenvalue weighted by Crippen LogP contribution is 2.20. The molecule has 19 heavy (non-hydrogen) atoms. The summed E-state index contributed by atoms with van der Waals surface area (Å²) in [5, 5.41) is 3.52. The van der Waals surface area contributed by atoms with E-state index in [1.54, 1.807) is 12.1 Å². The third kappa shape index (κ3) is 3.83. The van der Waals surface area contributed by atoms with E-state index in [9.17, 15) is 4.79 Å². The maximum Gasteiger partial charge on any atom is 0.265 e. The molecule has 3 N–H and O–H groups in total. The molecule has 1 amide bonds. The Bertz CT molecular complexity index is 546. The Hall–Kier alpha value is -1.81. The summed E-state index contributed by atoms with van der Waals surface area (Å²) in [6.45, 7) is 2.18. The van der Waals surface area contributed by atoms with Crippen molar-refractivity contribution in [2.45, 2.75) is 26.2 Å². The summed E-state index contributed by atoms with van der Waals surface area (Å²) < 4.78 is 0. The van der Waals surface area contributed by atoms with Crippen molar-refractivity contribution in [2.75, 3.05) is 11.1 Å². The van der Waals surface area contributed by atoms with Gasteiger partial charge in [0.2, 0.25) is 0 Å². The molecule has 0 atom stereocenters. The number of carbonyl (C=O) groups is 1. The van der Waals surface area contributed by atoms with Crippen LogP contribution in [0.3, 0.4) is 0 Å². The molecule has 0 saturated carbocycles. The average molecular weight is 274 g/mol. The van der Waals surface area contributed by atoms with Crippen LogP contribution in [0.4, 0.5) is 10.7 Å². The lowest BCUT2D eigenvalue weighted by molar-refractivity contribution is 0.103. The van der Waals surface area contributed by atoms with Crippen LogP contribution in [0.5, 0.6) is 0 Å². The molecule has 1 aromatic heterocycles. The van der Waals surface area contributed by atoms with Crippen LogP contribution >= 0.6 is 11.3 Å². The van der Waals surface area contributed by atoms with E-state index in [4.69, 9.17) is 5.73 Å². The maximum atomic E-state index is 11.9. The number of rotatable bonds is 5. The molecular weight excluding hydrogens is 256 g/mol. The van der Waals surface area contributed by atoms with E-state index in [1.807, 2.05) is 12.1 Å². The van der Waals surface area contributed by atoms with Crippen LogP contribution in [0.1, 0.15) is 35.0 Å². The normalized spacial score (nSPS) is 10.4. The Kier molecular flexibility index (Phi) is 4.58. The Morgan fingerprint density at radius 2 is 1.95 bits per heavy atom. The van der Waals surface area contributed by atoms with Gasteiger partial charge in [0.1, 0.15) is 0 Å². The first-order valence-electron chi connectivity index (χ1n) is 6.44. The van der Waals surface area contributed by atoms with Crippen molar-refractivity contribution in [1.82, 2.24) is 0 Å². The number of carbonyl (C=O) groups excluding carboxylic acids is 1. The summed E-state index contributed by atoms with van der Waals surface area (Å²) in [4.78, 5) is 12.6. The lowest BCUT2D eigenvalue weighted by Crippen LogP contribution is -2.09. The van der Waals surface area contributed by atoms with E-state index >= 15 is 0 Å². The SMILES string of the molecule is CCCCc1ccc(NC(=O)c2ccc(N)s2)cc1. The number of amides is 1. The second kappa shape index (κ2) is 6.38. The van der Waals surface area contributed by atoms with E-state index in [1.165, 1.54) is 29.7 Å². The summed E-state index contributed by atoms with van der Waals surface area (Å²) in [5.41, 5.74) is 7.74. The lowest BCUT2D eigenvalue weighted by Gasteiger charge is -2.05. The van der Waals surface area contributed by atoms with Crippen molar-refractivity contribution in [2.24, 2.45) is 0 Å². The third-order valence-electron chi connectivity index (χ3n) is 2.88. The fraction of sp³-hybridized carbons (Fsp3) is 0.267. The fourth-order valence-corrected chi connectivity index (χ4v) is 2.47. The number of benzene rings is 1. The Labute approximate surface area is 117 Å². The number of anilines is 2. The maximum absolute atomic E-state index is 11.9. The molecule has 0 saturated heterocycles. The number of thiophene rings is 1. The highest BCUT2D eigenvalue weighted by Gasteiger charge is 2.08. The summed E-state index contributed by atoms with van der Waals surface area (Å²) >= 11 is 1.30. The first-order chi connectivity index (χ1) is 9.19. The standard InChI is InChI=1S/C15H18N2OS/c1-2-3-4-11-5-7-12(8-6-11)17-15(18)13-9-10-14(16)19-13/h5-10H,2-4,16H2,1H3,(H,17,18). The molecule has 0 aliphatic heterocycles. The van der Waals surface area contributed by atoms with Crippen LogP contribution in [-0.4, -0.2) is 5.91 Å². The molecular formula is C15H18N2OS. The zero-order valence-corrected chi connectivity index (χ0v) is 11.8. The van der Waals surface area contributed by atoms with E-state index in [0.29, 0.717) is 9.88 Å². The Morgan fingerprint density at radius 3 is 2.53 bits per heavy atom. The molecule has 0 fully saturated rings. The molecule has 0 bridgehead atoms. The van der Waals surface area contributed by atoms with Crippen LogP contribution in [0, 0.1) is 0 Å². The topological polar surface area (TPSA) is 55.1 Å². The lowest BCUT2D eigenvalue weighted by atomic mass is 10.1. The predicted molar refractivity (Wildman–Crippen MR) is 81.7 cm³/mol. The van der Waals surface area contributed by atoms with Gasteiger partial charge in [0.05, 0.1) is 9.88 Å². The van der Waals surface area contributed by atoms with Crippen molar-refractivity contribution in [3.63, 3.8) is 0 Å². The molecule has 100 valence electrons.